The first-order chi connectivity index (χ1) is 23.8. The Morgan fingerprint density at radius 2 is 1.04 bits per heavy atom. The molecule has 0 saturated heterocycles. The van der Waals surface area contributed by atoms with E-state index in [2.05, 4.69) is 120 Å². The molecule has 0 aliphatic rings. The fourth-order valence-corrected chi connectivity index (χ4v) is 7.08. The minimum atomic E-state index is 0.680. The molecule has 0 aliphatic heterocycles. The Morgan fingerprint density at radius 3 is 1.79 bits per heavy atom. The second-order valence-corrected chi connectivity index (χ2v) is 12.2. The van der Waals surface area contributed by atoms with Gasteiger partial charge in [0.2, 0.25) is 0 Å². The van der Waals surface area contributed by atoms with Gasteiger partial charge >= 0.3 is 0 Å². The fourth-order valence-electron chi connectivity index (χ4n) is 7.08. The summed E-state index contributed by atoms with van der Waals surface area (Å²) in [5.74, 6) is 0.680. The zero-order valence-corrected chi connectivity index (χ0v) is 25.8. The Kier molecular flexibility index (Phi) is 5.84. The molecule has 0 N–H and O–H groups in total. The van der Waals surface area contributed by atoms with Gasteiger partial charge in [-0.2, -0.15) is 0 Å². The molecule has 0 amide bonds. The van der Waals surface area contributed by atoms with Gasteiger partial charge in [-0.3, -0.25) is 0 Å². The minimum absolute atomic E-state index is 0.680. The molecular formula is C44H27N3O. The molecular weight excluding hydrogens is 587 g/mol. The Morgan fingerprint density at radius 1 is 0.438 bits per heavy atom. The number of nitrogens with zero attached hydrogens (tertiary/aromatic N) is 3. The highest BCUT2D eigenvalue weighted by molar-refractivity contribution is 6.10. The van der Waals surface area contributed by atoms with E-state index in [0.29, 0.717) is 11.4 Å². The Hall–Kier alpha value is -6.52. The van der Waals surface area contributed by atoms with Gasteiger partial charge in [0.15, 0.2) is 11.4 Å². The number of para-hydroxylation sites is 2. The first kappa shape index (κ1) is 26.7. The number of furan rings is 1. The molecule has 0 radical (unpaired) electrons. The summed E-state index contributed by atoms with van der Waals surface area (Å²) in [6.45, 7) is 0. The molecule has 4 nitrogen and oxygen atoms in total. The van der Waals surface area contributed by atoms with E-state index < -0.39 is 0 Å². The number of hydrogen-bond acceptors (Lipinski definition) is 3. The van der Waals surface area contributed by atoms with E-state index in [1.807, 2.05) is 48.5 Å². The molecule has 48 heavy (non-hydrogen) atoms. The molecule has 0 bridgehead atoms. The van der Waals surface area contributed by atoms with Gasteiger partial charge in [-0.1, -0.05) is 121 Å². The van der Waals surface area contributed by atoms with Crippen LogP contribution in [0.2, 0.25) is 0 Å². The van der Waals surface area contributed by atoms with E-state index in [4.69, 9.17) is 14.4 Å². The largest absolute Gasteiger partial charge is 0.452 e. The summed E-state index contributed by atoms with van der Waals surface area (Å²) in [6.07, 6.45) is 0. The number of fused-ring (bicyclic) bond motifs is 7. The van der Waals surface area contributed by atoms with Crippen molar-refractivity contribution in [2.45, 2.75) is 0 Å². The highest BCUT2D eigenvalue weighted by Gasteiger charge is 2.19. The lowest BCUT2D eigenvalue weighted by Gasteiger charge is -2.10. The van der Waals surface area contributed by atoms with E-state index in [1.54, 1.807) is 0 Å². The minimum Gasteiger partial charge on any atom is -0.452 e. The third-order valence-corrected chi connectivity index (χ3v) is 9.39. The van der Waals surface area contributed by atoms with Gasteiger partial charge < -0.3 is 8.98 Å². The third-order valence-electron chi connectivity index (χ3n) is 9.39. The van der Waals surface area contributed by atoms with Crippen LogP contribution in [0.15, 0.2) is 168 Å². The van der Waals surface area contributed by atoms with Gasteiger partial charge in [-0.25, -0.2) is 9.97 Å². The van der Waals surface area contributed by atoms with Crippen LogP contribution in [0.25, 0.3) is 94.1 Å². The third kappa shape index (κ3) is 4.16. The van der Waals surface area contributed by atoms with Gasteiger partial charge in [0, 0.05) is 33.0 Å². The van der Waals surface area contributed by atoms with Crippen molar-refractivity contribution >= 4 is 54.6 Å². The van der Waals surface area contributed by atoms with Gasteiger partial charge in [0.05, 0.1) is 11.0 Å². The number of benzene rings is 7. The second kappa shape index (κ2) is 10.5. The average Bonchev–Trinajstić information content (AvgIpc) is 3.70. The van der Waals surface area contributed by atoms with Crippen molar-refractivity contribution in [3.8, 4) is 39.5 Å². The summed E-state index contributed by atoms with van der Waals surface area (Å²) in [4.78, 5) is 10.1. The fraction of sp³-hybridized carbons (Fsp3) is 0. The van der Waals surface area contributed by atoms with Crippen molar-refractivity contribution in [1.82, 2.24) is 14.5 Å². The average molecular weight is 614 g/mol. The van der Waals surface area contributed by atoms with Crippen LogP contribution in [-0.4, -0.2) is 14.5 Å². The Balaban J connectivity index is 1.11. The highest BCUT2D eigenvalue weighted by atomic mass is 16.3. The maximum Gasteiger partial charge on any atom is 0.180 e. The predicted octanol–water partition coefficient (Wildman–Crippen LogP) is 11.6. The van der Waals surface area contributed by atoms with Crippen LogP contribution in [0, 0.1) is 0 Å². The maximum absolute atomic E-state index is 6.47. The van der Waals surface area contributed by atoms with E-state index in [1.165, 1.54) is 32.6 Å². The topological polar surface area (TPSA) is 43.9 Å². The first-order valence-electron chi connectivity index (χ1n) is 16.2. The number of aromatic nitrogens is 3. The van der Waals surface area contributed by atoms with Crippen LogP contribution in [0.3, 0.4) is 0 Å². The van der Waals surface area contributed by atoms with E-state index in [-0.39, 0.29) is 0 Å². The molecule has 0 fully saturated rings. The summed E-state index contributed by atoms with van der Waals surface area (Å²) in [7, 11) is 0. The lowest BCUT2D eigenvalue weighted by atomic mass is 9.99. The second-order valence-electron chi connectivity index (χ2n) is 12.2. The van der Waals surface area contributed by atoms with Crippen LogP contribution >= 0.6 is 0 Å². The smallest absolute Gasteiger partial charge is 0.180 e. The summed E-state index contributed by atoms with van der Waals surface area (Å²) in [5, 5.41) is 5.89. The zero-order chi connectivity index (χ0) is 31.6. The molecule has 0 saturated carbocycles. The SMILES string of the molecule is c1ccc(-c2nc(-c3ccccc3)c3oc4ccc(-c5ccc6cc(-n7c8ccccc8c8ccccc87)ccc6c5)cc4c3n2)cc1. The molecule has 10 rings (SSSR count). The molecule has 0 atom stereocenters. The van der Waals surface area contributed by atoms with Crippen LogP contribution in [0.1, 0.15) is 0 Å². The van der Waals surface area contributed by atoms with Crippen molar-refractivity contribution < 1.29 is 4.42 Å². The van der Waals surface area contributed by atoms with Crippen molar-refractivity contribution in [2.75, 3.05) is 0 Å². The molecule has 0 aliphatic carbocycles. The predicted molar refractivity (Wildman–Crippen MR) is 197 cm³/mol. The molecule has 7 aromatic carbocycles. The monoisotopic (exact) mass is 613 g/mol. The van der Waals surface area contributed by atoms with Crippen LogP contribution in [0.5, 0.6) is 0 Å². The molecule has 3 heterocycles. The summed E-state index contributed by atoms with van der Waals surface area (Å²) < 4.78 is 8.84. The van der Waals surface area contributed by atoms with Gasteiger partial charge in [-0.05, 0) is 64.4 Å². The van der Waals surface area contributed by atoms with Crippen molar-refractivity contribution in [1.29, 1.82) is 0 Å². The van der Waals surface area contributed by atoms with E-state index in [9.17, 15) is 0 Å². The standard InChI is InChI=1S/C44H27N3O/c1-3-11-28(12-4-1)41-43-42(46-44(45-41)29-13-5-2-6-14-29)37-27-33(22-24-40(37)48-43)30-19-20-32-26-34(23-21-31(32)25-30)47-38-17-9-7-15-35(38)36-16-8-10-18-39(36)47/h1-27H. The quantitative estimate of drug-likeness (QED) is 0.198. The molecule has 0 unspecified atom stereocenters. The Labute approximate surface area is 276 Å². The van der Waals surface area contributed by atoms with Crippen LogP contribution in [0.4, 0.5) is 0 Å². The van der Waals surface area contributed by atoms with E-state index in [0.717, 1.165) is 50.1 Å². The lowest BCUT2D eigenvalue weighted by molar-refractivity contribution is 0.667. The summed E-state index contributed by atoms with van der Waals surface area (Å²) in [6, 6.07) is 57.4. The normalized spacial score (nSPS) is 11.8. The van der Waals surface area contributed by atoms with Gasteiger partial charge in [0.1, 0.15) is 16.8 Å². The lowest BCUT2D eigenvalue weighted by Crippen LogP contribution is -1.93. The first-order valence-corrected chi connectivity index (χ1v) is 16.2. The Bertz CT molecular complexity index is 2780. The molecule has 224 valence electrons. The van der Waals surface area contributed by atoms with Gasteiger partial charge in [0.25, 0.3) is 0 Å². The van der Waals surface area contributed by atoms with Gasteiger partial charge in [-0.15, -0.1) is 0 Å². The number of rotatable bonds is 4. The molecule has 0 spiro atoms. The van der Waals surface area contributed by atoms with Crippen LogP contribution in [-0.2, 0) is 0 Å². The van der Waals surface area contributed by atoms with Crippen molar-refractivity contribution in [3.05, 3.63) is 164 Å². The summed E-state index contributed by atoms with van der Waals surface area (Å²) in [5.41, 5.74) is 10.9. The molecule has 4 heteroatoms. The van der Waals surface area contributed by atoms with Crippen molar-refractivity contribution in [2.24, 2.45) is 0 Å². The van der Waals surface area contributed by atoms with E-state index >= 15 is 0 Å². The zero-order valence-electron chi connectivity index (χ0n) is 25.8. The summed E-state index contributed by atoms with van der Waals surface area (Å²) >= 11 is 0. The van der Waals surface area contributed by atoms with Crippen molar-refractivity contribution in [3.63, 3.8) is 0 Å². The maximum atomic E-state index is 6.47. The van der Waals surface area contributed by atoms with Crippen LogP contribution < -0.4 is 0 Å². The molecule has 3 aromatic heterocycles. The number of hydrogen-bond donors (Lipinski definition) is 0. The molecule has 10 aromatic rings. The highest BCUT2D eigenvalue weighted by Crippen LogP contribution is 2.38.